The molecular formula is C18H15N3O2S. The van der Waals surface area contributed by atoms with Crippen LogP contribution in [0.25, 0.3) is 21.1 Å². The van der Waals surface area contributed by atoms with Crippen molar-refractivity contribution in [3.63, 3.8) is 0 Å². The Kier molecular flexibility index (Phi) is 3.66. The highest BCUT2D eigenvalue weighted by molar-refractivity contribution is 7.22. The number of carbonyl (C=O) groups excluding carboxylic acids is 1. The van der Waals surface area contributed by atoms with Crippen LogP contribution in [0.2, 0.25) is 0 Å². The minimum atomic E-state index is -0.0950. The molecule has 2 heterocycles. The maximum atomic E-state index is 12.3. The van der Waals surface area contributed by atoms with Gasteiger partial charge in [0.15, 0.2) is 5.13 Å². The Morgan fingerprint density at radius 3 is 2.96 bits per heavy atom. The number of carbonyl (C=O) groups is 1. The van der Waals surface area contributed by atoms with E-state index in [1.807, 2.05) is 59.3 Å². The van der Waals surface area contributed by atoms with Crippen molar-refractivity contribution in [1.29, 1.82) is 0 Å². The zero-order valence-electron chi connectivity index (χ0n) is 13.0. The smallest absolute Gasteiger partial charge is 0.246 e. The summed E-state index contributed by atoms with van der Waals surface area (Å²) in [5.74, 6) is 0.710. The van der Waals surface area contributed by atoms with E-state index in [2.05, 4.69) is 10.3 Å². The number of aromatic nitrogens is 2. The topological polar surface area (TPSA) is 56.1 Å². The minimum Gasteiger partial charge on any atom is -0.497 e. The lowest BCUT2D eigenvalue weighted by molar-refractivity contribution is -0.116. The predicted octanol–water partition coefficient (Wildman–Crippen LogP) is 3.90. The van der Waals surface area contributed by atoms with Crippen LogP contribution in [0.3, 0.4) is 0 Å². The number of ether oxygens (including phenoxy) is 1. The molecule has 5 nitrogen and oxygen atoms in total. The predicted molar refractivity (Wildman–Crippen MR) is 96.7 cm³/mol. The summed E-state index contributed by atoms with van der Waals surface area (Å²) < 4.78 is 8.20. The molecule has 4 rings (SSSR count). The van der Waals surface area contributed by atoms with E-state index in [4.69, 9.17) is 4.74 Å². The normalized spacial score (nSPS) is 11.0. The van der Waals surface area contributed by atoms with Crippen LogP contribution in [0, 0.1) is 0 Å². The minimum absolute atomic E-state index is 0.0950. The van der Waals surface area contributed by atoms with E-state index in [1.165, 1.54) is 11.3 Å². The van der Waals surface area contributed by atoms with E-state index in [0.717, 1.165) is 26.9 Å². The number of amides is 1. The molecule has 24 heavy (non-hydrogen) atoms. The van der Waals surface area contributed by atoms with Crippen LogP contribution >= 0.6 is 11.3 Å². The Hall–Kier alpha value is -2.86. The monoisotopic (exact) mass is 337 g/mol. The van der Waals surface area contributed by atoms with E-state index < -0.39 is 0 Å². The Balaban J connectivity index is 1.53. The molecule has 6 heteroatoms. The Labute approximate surface area is 142 Å². The molecule has 0 spiro atoms. The molecule has 0 radical (unpaired) electrons. The van der Waals surface area contributed by atoms with Crippen LogP contribution in [0.4, 0.5) is 5.13 Å². The maximum absolute atomic E-state index is 12.3. The first-order valence-corrected chi connectivity index (χ1v) is 8.33. The molecule has 0 aliphatic heterocycles. The van der Waals surface area contributed by atoms with Crippen molar-refractivity contribution in [2.45, 2.75) is 6.54 Å². The lowest BCUT2D eigenvalue weighted by Gasteiger charge is -2.06. The van der Waals surface area contributed by atoms with E-state index in [0.29, 0.717) is 5.13 Å². The van der Waals surface area contributed by atoms with Crippen LogP contribution in [0.1, 0.15) is 0 Å². The first kappa shape index (κ1) is 14.7. The molecular weight excluding hydrogens is 322 g/mol. The number of anilines is 1. The van der Waals surface area contributed by atoms with Gasteiger partial charge in [0, 0.05) is 17.1 Å². The molecule has 0 atom stereocenters. The second-order valence-corrected chi connectivity index (χ2v) is 6.43. The van der Waals surface area contributed by atoms with Crippen LogP contribution in [-0.4, -0.2) is 22.6 Å². The van der Waals surface area contributed by atoms with Crippen LogP contribution in [0.5, 0.6) is 5.75 Å². The van der Waals surface area contributed by atoms with Gasteiger partial charge in [-0.3, -0.25) is 4.79 Å². The van der Waals surface area contributed by atoms with Gasteiger partial charge in [-0.1, -0.05) is 23.5 Å². The van der Waals surface area contributed by atoms with Crippen molar-refractivity contribution >= 4 is 43.5 Å². The van der Waals surface area contributed by atoms with E-state index >= 15 is 0 Å². The fourth-order valence-electron chi connectivity index (χ4n) is 2.68. The highest BCUT2D eigenvalue weighted by Crippen LogP contribution is 2.26. The SMILES string of the molecule is COc1ccc2c(ccn2CC(=O)Nc2nc3ccccc3s2)c1. The highest BCUT2D eigenvalue weighted by Gasteiger charge is 2.10. The standard InChI is InChI=1S/C18H15N3O2S/c1-23-13-6-7-15-12(10-13)8-9-21(15)11-17(22)20-18-19-14-4-2-3-5-16(14)24-18/h2-10H,11H2,1H3,(H,19,20,22). The van der Waals surface area contributed by atoms with Gasteiger partial charge < -0.3 is 14.6 Å². The number of nitrogens with one attached hydrogen (secondary N) is 1. The number of thiazole rings is 1. The second kappa shape index (κ2) is 5.98. The van der Waals surface area contributed by atoms with E-state index in [-0.39, 0.29) is 12.5 Å². The quantitative estimate of drug-likeness (QED) is 0.614. The zero-order chi connectivity index (χ0) is 16.5. The number of hydrogen-bond acceptors (Lipinski definition) is 4. The largest absolute Gasteiger partial charge is 0.497 e. The van der Waals surface area contributed by atoms with Gasteiger partial charge >= 0.3 is 0 Å². The molecule has 0 bridgehead atoms. The molecule has 0 aliphatic carbocycles. The van der Waals surface area contributed by atoms with Gasteiger partial charge in [0.25, 0.3) is 0 Å². The number of fused-ring (bicyclic) bond motifs is 2. The average molecular weight is 337 g/mol. The van der Waals surface area contributed by atoms with Crippen molar-refractivity contribution < 1.29 is 9.53 Å². The molecule has 0 aliphatic rings. The summed E-state index contributed by atoms with van der Waals surface area (Å²) in [6.45, 7) is 0.242. The summed E-state index contributed by atoms with van der Waals surface area (Å²) in [6.07, 6.45) is 1.90. The average Bonchev–Trinajstić information content (AvgIpc) is 3.17. The third kappa shape index (κ3) is 2.72. The van der Waals surface area contributed by atoms with Gasteiger partial charge in [0.05, 0.1) is 17.3 Å². The van der Waals surface area contributed by atoms with Crippen molar-refractivity contribution in [2.24, 2.45) is 0 Å². The fourth-order valence-corrected chi connectivity index (χ4v) is 3.56. The molecule has 0 saturated carbocycles. The van der Waals surface area contributed by atoms with E-state index in [1.54, 1.807) is 7.11 Å². The maximum Gasteiger partial charge on any atom is 0.246 e. The van der Waals surface area contributed by atoms with Crippen LogP contribution in [-0.2, 0) is 11.3 Å². The zero-order valence-corrected chi connectivity index (χ0v) is 13.8. The molecule has 120 valence electrons. The summed E-state index contributed by atoms with van der Waals surface area (Å²) in [7, 11) is 1.64. The number of para-hydroxylation sites is 1. The summed E-state index contributed by atoms with van der Waals surface area (Å²) >= 11 is 1.48. The first-order valence-electron chi connectivity index (χ1n) is 7.51. The lowest BCUT2D eigenvalue weighted by atomic mass is 10.2. The second-order valence-electron chi connectivity index (χ2n) is 5.40. The number of rotatable bonds is 4. The number of nitrogens with zero attached hydrogens (tertiary/aromatic N) is 2. The van der Waals surface area contributed by atoms with Crippen LogP contribution in [0.15, 0.2) is 54.7 Å². The van der Waals surface area contributed by atoms with Gasteiger partial charge in [-0.2, -0.15) is 0 Å². The molecule has 0 saturated heterocycles. The summed E-state index contributed by atoms with van der Waals surface area (Å²) in [6, 6.07) is 15.6. The fraction of sp³-hybridized carbons (Fsp3) is 0.111. The first-order chi connectivity index (χ1) is 11.7. The molecule has 0 unspecified atom stereocenters. The lowest BCUT2D eigenvalue weighted by Crippen LogP contribution is -2.18. The Morgan fingerprint density at radius 2 is 2.12 bits per heavy atom. The molecule has 2 aromatic heterocycles. The number of hydrogen-bond donors (Lipinski definition) is 1. The van der Waals surface area contributed by atoms with Crippen molar-refractivity contribution in [3.8, 4) is 5.75 Å². The van der Waals surface area contributed by atoms with Crippen molar-refractivity contribution in [1.82, 2.24) is 9.55 Å². The van der Waals surface area contributed by atoms with Crippen molar-refractivity contribution in [2.75, 3.05) is 12.4 Å². The highest BCUT2D eigenvalue weighted by atomic mass is 32.1. The van der Waals surface area contributed by atoms with Crippen LogP contribution < -0.4 is 10.1 Å². The Bertz CT molecular complexity index is 1000. The van der Waals surface area contributed by atoms with Gasteiger partial charge in [-0.05, 0) is 36.4 Å². The molecule has 4 aromatic rings. The third-order valence-corrected chi connectivity index (χ3v) is 4.78. The molecule has 2 aromatic carbocycles. The van der Waals surface area contributed by atoms with E-state index in [9.17, 15) is 4.79 Å². The summed E-state index contributed by atoms with van der Waals surface area (Å²) in [4.78, 5) is 16.8. The molecule has 1 amide bonds. The molecule has 1 N–H and O–H groups in total. The summed E-state index contributed by atoms with van der Waals surface area (Å²) in [5, 5.41) is 4.55. The number of methoxy groups -OCH3 is 1. The van der Waals surface area contributed by atoms with Gasteiger partial charge in [0.2, 0.25) is 5.91 Å². The summed E-state index contributed by atoms with van der Waals surface area (Å²) in [5.41, 5.74) is 1.89. The third-order valence-electron chi connectivity index (χ3n) is 3.83. The Morgan fingerprint density at radius 1 is 1.25 bits per heavy atom. The van der Waals surface area contributed by atoms with Gasteiger partial charge in [-0.15, -0.1) is 0 Å². The number of benzene rings is 2. The van der Waals surface area contributed by atoms with Gasteiger partial charge in [-0.25, -0.2) is 4.98 Å². The molecule has 0 fully saturated rings. The van der Waals surface area contributed by atoms with Gasteiger partial charge in [0.1, 0.15) is 12.3 Å². The van der Waals surface area contributed by atoms with Crippen molar-refractivity contribution in [3.05, 3.63) is 54.7 Å².